The third-order valence-electron chi connectivity index (χ3n) is 2.32. The van der Waals surface area contributed by atoms with Gasteiger partial charge in [0.25, 0.3) is 0 Å². The lowest BCUT2D eigenvalue weighted by molar-refractivity contribution is 0.228. The van der Waals surface area contributed by atoms with Crippen LogP contribution >= 0.6 is 23.2 Å². The Morgan fingerprint density at radius 1 is 1.00 bits per heavy atom. The predicted octanol–water partition coefficient (Wildman–Crippen LogP) is 5.42. The fourth-order valence-corrected chi connectivity index (χ4v) is 1.58. The van der Waals surface area contributed by atoms with Gasteiger partial charge < -0.3 is 4.74 Å². The van der Waals surface area contributed by atoms with Crippen LogP contribution in [0.15, 0.2) is 10.8 Å². The van der Waals surface area contributed by atoms with Crippen LogP contribution in [-0.2, 0) is 4.74 Å². The second kappa shape index (κ2) is 12.2. The van der Waals surface area contributed by atoms with Gasteiger partial charge >= 0.3 is 0 Å². The van der Waals surface area contributed by atoms with Gasteiger partial charge in [0.2, 0.25) is 0 Å². The van der Waals surface area contributed by atoms with Crippen molar-refractivity contribution in [3.05, 3.63) is 10.8 Å². The van der Waals surface area contributed by atoms with Gasteiger partial charge in [-0.25, -0.2) is 0 Å². The summed E-state index contributed by atoms with van der Waals surface area (Å²) in [4.78, 5) is 0. The van der Waals surface area contributed by atoms with Crippen molar-refractivity contribution < 1.29 is 4.74 Å². The average molecular weight is 253 g/mol. The van der Waals surface area contributed by atoms with E-state index in [9.17, 15) is 0 Å². The van der Waals surface area contributed by atoms with Crippen LogP contribution in [0, 0.1) is 0 Å². The van der Waals surface area contributed by atoms with Gasteiger partial charge in [-0.15, -0.1) is 0 Å². The van der Waals surface area contributed by atoms with Gasteiger partial charge in [0, 0.05) is 0 Å². The molecule has 15 heavy (non-hydrogen) atoms. The minimum Gasteiger partial charge on any atom is -0.482 e. The molecule has 0 fully saturated rings. The van der Waals surface area contributed by atoms with E-state index in [-0.39, 0.29) is 0 Å². The Morgan fingerprint density at radius 3 is 2.07 bits per heavy atom. The van der Waals surface area contributed by atoms with E-state index in [4.69, 9.17) is 27.9 Å². The molecule has 0 amide bonds. The van der Waals surface area contributed by atoms with E-state index in [1.165, 1.54) is 50.5 Å². The van der Waals surface area contributed by atoms with E-state index >= 15 is 0 Å². The van der Waals surface area contributed by atoms with Gasteiger partial charge in [0.1, 0.15) is 0 Å². The number of hydrogen-bond donors (Lipinski definition) is 0. The third-order valence-corrected chi connectivity index (χ3v) is 2.85. The van der Waals surface area contributed by atoms with Crippen LogP contribution in [-0.4, -0.2) is 6.61 Å². The highest BCUT2D eigenvalue weighted by Gasteiger charge is 1.93. The molecule has 0 unspecified atom stereocenters. The van der Waals surface area contributed by atoms with E-state index in [0.29, 0.717) is 11.8 Å². The highest BCUT2D eigenvalue weighted by molar-refractivity contribution is 6.35. The van der Waals surface area contributed by atoms with Crippen molar-refractivity contribution in [3.8, 4) is 0 Å². The van der Waals surface area contributed by atoms with Crippen LogP contribution in [0.5, 0.6) is 0 Å². The first-order chi connectivity index (χ1) is 7.31. The molecule has 0 aliphatic heterocycles. The van der Waals surface area contributed by atoms with Crippen LogP contribution in [0.4, 0.5) is 0 Å². The van der Waals surface area contributed by atoms with Crippen molar-refractivity contribution >= 4 is 23.2 Å². The molecule has 0 bridgehead atoms. The molecule has 0 spiro atoms. The summed E-state index contributed by atoms with van der Waals surface area (Å²) >= 11 is 10.9. The van der Waals surface area contributed by atoms with Gasteiger partial charge in [-0.05, 0) is 18.0 Å². The zero-order valence-corrected chi connectivity index (χ0v) is 11.1. The highest BCUT2D eigenvalue weighted by Crippen LogP contribution is 2.10. The van der Waals surface area contributed by atoms with E-state index in [0.717, 1.165) is 6.42 Å². The quantitative estimate of drug-likeness (QED) is 0.373. The maximum atomic E-state index is 5.57. The summed E-state index contributed by atoms with van der Waals surface area (Å²) in [6, 6.07) is 0. The molecule has 90 valence electrons. The molecule has 0 aromatic rings. The molecule has 1 nitrogen and oxygen atoms in total. The van der Waals surface area contributed by atoms with Crippen molar-refractivity contribution in [2.75, 3.05) is 6.61 Å². The highest BCUT2D eigenvalue weighted by atomic mass is 35.5. The van der Waals surface area contributed by atoms with E-state index in [1.54, 1.807) is 0 Å². The normalized spacial score (nSPS) is 11.8. The molecule has 0 aromatic heterocycles. The number of halogens is 2. The van der Waals surface area contributed by atoms with Crippen molar-refractivity contribution in [2.24, 2.45) is 0 Å². The van der Waals surface area contributed by atoms with Gasteiger partial charge in [0.05, 0.1) is 12.1 Å². The summed E-state index contributed by atoms with van der Waals surface area (Å²) in [7, 11) is 0. The predicted molar refractivity (Wildman–Crippen MR) is 68.4 cm³/mol. The summed E-state index contributed by atoms with van der Waals surface area (Å²) in [6.45, 7) is 2.92. The van der Waals surface area contributed by atoms with Gasteiger partial charge in [-0.1, -0.05) is 63.5 Å². The standard InChI is InChI=1S/C12H22Cl2O/c1-2-3-4-5-6-7-8-9-10-15-12(14)11-13/h11H,2-10H2,1H3. The number of rotatable bonds is 10. The lowest BCUT2D eigenvalue weighted by Crippen LogP contribution is -1.90. The lowest BCUT2D eigenvalue weighted by Gasteiger charge is -2.03. The molecular formula is C12H22Cl2O. The monoisotopic (exact) mass is 252 g/mol. The Bertz CT molecular complexity index is 158. The minimum atomic E-state index is 0.291. The number of hydrogen-bond acceptors (Lipinski definition) is 1. The van der Waals surface area contributed by atoms with Crippen molar-refractivity contribution in [1.29, 1.82) is 0 Å². The Hall–Kier alpha value is 0.120. The van der Waals surface area contributed by atoms with E-state index in [2.05, 4.69) is 6.92 Å². The Balaban J connectivity index is 2.99. The molecule has 3 heteroatoms. The van der Waals surface area contributed by atoms with Crippen molar-refractivity contribution in [3.63, 3.8) is 0 Å². The molecule has 0 rings (SSSR count). The zero-order valence-electron chi connectivity index (χ0n) is 9.61. The minimum absolute atomic E-state index is 0.291. The number of ether oxygens (including phenoxy) is 1. The summed E-state index contributed by atoms with van der Waals surface area (Å²) < 4.78 is 5.13. The van der Waals surface area contributed by atoms with E-state index in [1.807, 2.05) is 0 Å². The third kappa shape index (κ3) is 12.0. The molecule has 0 saturated heterocycles. The topological polar surface area (TPSA) is 9.23 Å². The van der Waals surface area contributed by atoms with Crippen LogP contribution in [0.3, 0.4) is 0 Å². The van der Waals surface area contributed by atoms with Crippen LogP contribution in [0.25, 0.3) is 0 Å². The maximum absolute atomic E-state index is 5.57. The first-order valence-corrected chi connectivity index (χ1v) is 6.71. The number of unbranched alkanes of at least 4 members (excludes halogenated alkanes) is 7. The smallest absolute Gasteiger partial charge is 0.198 e. The van der Waals surface area contributed by atoms with Gasteiger partial charge in [0.15, 0.2) is 5.22 Å². The molecule has 0 atom stereocenters. The Morgan fingerprint density at radius 2 is 1.53 bits per heavy atom. The SMILES string of the molecule is CCCCCCCCCCOC(Cl)=CCl. The molecule has 0 N–H and O–H groups in total. The summed E-state index contributed by atoms with van der Waals surface area (Å²) in [5.74, 6) is 0. The van der Waals surface area contributed by atoms with Crippen molar-refractivity contribution in [2.45, 2.75) is 58.3 Å². The molecule has 0 aliphatic carbocycles. The second-order valence-electron chi connectivity index (χ2n) is 3.74. The molecule has 0 aromatic carbocycles. The Kier molecular flexibility index (Phi) is 12.3. The first-order valence-electron chi connectivity index (χ1n) is 5.90. The molecule has 0 heterocycles. The fourth-order valence-electron chi connectivity index (χ4n) is 1.44. The van der Waals surface area contributed by atoms with Crippen molar-refractivity contribution in [1.82, 2.24) is 0 Å². The summed E-state index contributed by atoms with van der Waals surface area (Å²) in [6.07, 6.45) is 10.4. The second-order valence-corrected chi connectivity index (χ2v) is 4.33. The van der Waals surface area contributed by atoms with Crippen LogP contribution in [0.2, 0.25) is 0 Å². The van der Waals surface area contributed by atoms with Gasteiger partial charge in [-0.3, -0.25) is 0 Å². The van der Waals surface area contributed by atoms with Gasteiger partial charge in [-0.2, -0.15) is 0 Å². The molecule has 0 aliphatic rings. The van der Waals surface area contributed by atoms with Crippen LogP contribution in [0.1, 0.15) is 58.3 Å². The maximum Gasteiger partial charge on any atom is 0.198 e. The molecular weight excluding hydrogens is 231 g/mol. The zero-order chi connectivity index (χ0) is 11.4. The lowest BCUT2D eigenvalue weighted by atomic mass is 10.1. The molecule has 0 saturated carbocycles. The molecule has 0 radical (unpaired) electrons. The first kappa shape index (κ1) is 15.1. The summed E-state index contributed by atoms with van der Waals surface area (Å²) in [5, 5.41) is 0.291. The van der Waals surface area contributed by atoms with E-state index < -0.39 is 0 Å². The fraction of sp³-hybridized carbons (Fsp3) is 0.833. The largest absolute Gasteiger partial charge is 0.482 e. The summed E-state index contributed by atoms with van der Waals surface area (Å²) in [5.41, 5.74) is 1.26. The van der Waals surface area contributed by atoms with Crippen LogP contribution < -0.4 is 0 Å². The Labute approximate surface area is 104 Å². The average Bonchev–Trinajstić information content (AvgIpc) is 2.26.